The van der Waals surface area contributed by atoms with Crippen LogP contribution in [0.4, 0.5) is 17.6 Å². The van der Waals surface area contributed by atoms with Gasteiger partial charge < -0.3 is 9.29 Å². The molecule has 0 aromatic carbocycles. The smallest absolute Gasteiger partial charge is 0.374 e. The highest BCUT2D eigenvalue weighted by atomic mass is 32.8. The van der Waals surface area contributed by atoms with Gasteiger partial charge in [-0.25, -0.2) is 0 Å². The highest BCUT2D eigenvalue weighted by molar-refractivity contribution is 8.30. The van der Waals surface area contributed by atoms with E-state index < -0.39 is 44.9 Å². The molecule has 2 atom stereocenters. The molecule has 0 saturated carbocycles. The molecule has 0 saturated heterocycles. The Morgan fingerprint density at radius 1 is 1.42 bits per heavy atom. The zero-order valence-electron chi connectivity index (χ0n) is 10.2. The monoisotopic (exact) mass is 325 g/mol. The minimum Gasteiger partial charge on any atom is -0.765 e. The summed E-state index contributed by atoms with van der Waals surface area (Å²) in [5.74, 6) is -6.27. The molecule has 0 aromatic heterocycles. The number of carbonyl (C=O) groups is 1. The summed E-state index contributed by atoms with van der Waals surface area (Å²) in [4.78, 5) is 11.1. The topological polar surface area (TPSA) is 66.4 Å². The van der Waals surface area contributed by atoms with Gasteiger partial charge in [0.2, 0.25) is 0 Å². The van der Waals surface area contributed by atoms with Crippen LogP contribution in [0.15, 0.2) is 0 Å². The van der Waals surface area contributed by atoms with E-state index in [1.807, 2.05) is 0 Å². The highest BCUT2D eigenvalue weighted by Crippen LogP contribution is 2.40. The van der Waals surface area contributed by atoms with E-state index in [2.05, 4.69) is 15.9 Å². The van der Waals surface area contributed by atoms with Crippen LogP contribution >= 0.6 is 0 Å². The lowest BCUT2D eigenvalue weighted by molar-refractivity contribution is -0.174. The third-order valence-electron chi connectivity index (χ3n) is 2.41. The number of carbonyl (C=O) groups excluding carboxylic acids is 1. The summed E-state index contributed by atoms with van der Waals surface area (Å²) in [5, 5.41) is -5.38. The summed E-state index contributed by atoms with van der Waals surface area (Å²) >= 11 is 3.37. The lowest BCUT2D eigenvalue weighted by Crippen LogP contribution is -2.47. The molecule has 19 heavy (non-hydrogen) atoms. The summed E-state index contributed by atoms with van der Waals surface area (Å²) in [6.07, 6.45) is -1.23. The molecule has 0 fully saturated rings. The summed E-state index contributed by atoms with van der Waals surface area (Å²) < 4.78 is 77.1. The van der Waals surface area contributed by atoms with Crippen LogP contribution in [0, 0.1) is 5.92 Å². The Morgan fingerprint density at radius 3 is 2.26 bits per heavy atom. The molecule has 0 aliphatic carbocycles. The van der Waals surface area contributed by atoms with Crippen molar-refractivity contribution in [2.45, 2.75) is 37.9 Å². The summed E-state index contributed by atoms with van der Waals surface area (Å²) in [7, 11) is -5.67. The van der Waals surface area contributed by atoms with Crippen molar-refractivity contribution in [1.82, 2.24) is 0 Å². The average Bonchev–Trinajstić information content (AvgIpc) is 2.25. The molecule has 4 nitrogen and oxygen atoms in total. The van der Waals surface area contributed by atoms with Gasteiger partial charge >= 0.3 is 17.1 Å². The van der Waals surface area contributed by atoms with E-state index in [0.29, 0.717) is 6.42 Å². The van der Waals surface area contributed by atoms with Crippen LogP contribution in [0.5, 0.6) is 0 Å². The molecule has 0 spiro atoms. The fraction of sp³-hybridized carbons (Fsp3) is 0.889. The fourth-order valence-electron chi connectivity index (χ4n) is 0.917. The van der Waals surface area contributed by atoms with Crippen LogP contribution in [0.1, 0.15) is 26.7 Å². The van der Waals surface area contributed by atoms with Crippen LogP contribution in [0.25, 0.3) is 0 Å². The van der Waals surface area contributed by atoms with Gasteiger partial charge in [-0.15, -0.1) is 0 Å². The van der Waals surface area contributed by atoms with E-state index >= 15 is 0 Å². The second-order valence-corrected chi connectivity index (χ2v) is 6.64. The molecular formula is C9H13F4O4S2-. The van der Waals surface area contributed by atoms with E-state index in [4.69, 9.17) is 0 Å². The molecule has 0 aliphatic rings. The van der Waals surface area contributed by atoms with Gasteiger partial charge in [0, 0.05) is 8.77 Å². The van der Waals surface area contributed by atoms with Gasteiger partial charge in [0.1, 0.15) is 0 Å². The lowest BCUT2D eigenvalue weighted by Gasteiger charge is -2.30. The number of halogens is 4. The normalized spacial score (nSPS) is 17.6. The molecule has 114 valence electrons. The van der Waals surface area contributed by atoms with E-state index in [1.54, 1.807) is 6.92 Å². The summed E-state index contributed by atoms with van der Waals surface area (Å²) in [6, 6.07) is 0. The van der Waals surface area contributed by atoms with Gasteiger partial charge in [-0.2, -0.15) is 17.6 Å². The van der Waals surface area contributed by atoms with Gasteiger partial charge in [-0.1, -0.05) is 13.8 Å². The van der Waals surface area contributed by atoms with Crippen LogP contribution in [-0.2, 0) is 29.5 Å². The van der Waals surface area contributed by atoms with Crippen LogP contribution in [-0.4, -0.2) is 32.5 Å². The molecule has 0 N–H and O–H groups in total. The van der Waals surface area contributed by atoms with Crippen molar-refractivity contribution in [3.63, 3.8) is 0 Å². The Balaban J connectivity index is 4.61. The van der Waals surface area contributed by atoms with Crippen molar-refractivity contribution >= 4 is 25.9 Å². The van der Waals surface area contributed by atoms with E-state index in [0.717, 1.165) is 0 Å². The molecule has 0 amide bonds. The van der Waals surface area contributed by atoms with Crippen molar-refractivity contribution in [2.24, 2.45) is 5.92 Å². The van der Waals surface area contributed by atoms with Gasteiger partial charge in [0.05, 0.1) is 18.9 Å². The predicted molar refractivity (Wildman–Crippen MR) is 61.2 cm³/mol. The first-order valence-corrected chi connectivity index (χ1v) is 7.65. The van der Waals surface area contributed by atoms with Gasteiger partial charge in [0.15, 0.2) is 0 Å². The third-order valence-corrected chi connectivity index (χ3v) is 3.97. The minimum absolute atomic E-state index is 0.395. The quantitative estimate of drug-likeness (QED) is 0.529. The van der Waals surface area contributed by atoms with E-state index in [9.17, 15) is 31.1 Å². The molecule has 10 heteroatoms. The number of alkyl halides is 4. The average molecular weight is 325 g/mol. The maximum absolute atomic E-state index is 13.0. The maximum atomic E-state index is 13.0. The van der Waals surface area contributed by atoms with Crippen molar-refractivity contribution in [3.05, 3.63) is 0 Å². The minimum atomic E-state index is -5.67. The molecule has 0 heterocycles. The van der Waals surface area contributed by atoms with Gasteiger partial charge in [-0.3, -0.25) is 9.00 Å². The number of esters is 1. The van der Waals surface area contributed by atoms with E-state index in [-0.39, 0.29) is 0 Å². The van der Waals surface area contributed by atoms with Crippen molar-refractivity contribution in [2.75, 3.05) is 6.61 Å². The first kappa shape index (κ1) is 18.5. The zero-order chi connectivity index (χ0) is 15.5. The zero-order valence-corrected chi connectivity index (χ0v) is 11.8. The maximum Gasteiger partial charge on any atom is 0.374 e. The summed E-state index contributed by atoms with van der Waals surface area (Å²) in [5.41, 5.74) is 0. The summed E-state index contributed by atoms with van der Waals surface area (Å²) in [6.45, 7) is 2.11. The van der Waals surface area contributed by atoms with Crippen LogP contribution in [0.3, 0.4) is 0 Å². The Morgan fingerprint density at radius 2 is 1.89 bits per heavy atom. The first-order valence-electron chi connectivity index (χ1n) is 5.24. The van der Waals surface area contributed by atoms with Crippen LogP contribution in [0.2, 0.25) is 0 Å². The fourth-order valence-corrected chi connectivity index (χ4v) is 1.75. The lowest BCUT2D eigenvalue weighted by atomic mass is 10.1. The van der Waals surface area contributed by atoms with Crippen molar-refractivity contribution in [3.8, 4) is 0 Å². The molecule has 0 aromatic rings. The molecule has 0 aliphatic heterocycles. The van der Waals surface area contributed by atoms with Gasteiger partial charge in [-0.05, 0) is 17.6 Å². The number of rotatable bonds is 7. The molecule has 2 unspecified atom stereocenters. The highest BCUT2D eigenvalue weighted by Gasteiger charge is 2.59. The number of ether oxygens (including phenoxy) is 1. The molecule has 0 bridgehead atoms. The largest absolute Gasteiger partial charge is 0.765 e. The van der Waals surface area contributed by atoms with Crippen molar-refractivity contribution < 1.29 is 35.9 Å². The number of hydrogen-bond donors (Lipinski definition) is 0. The Bertz CT molecular complexity index is 422. The van der Waals surface area contributed by atoms with Crippen LogP contribution < -0.4 is 0 Å². The first-order chi connectivity index (χ1) is 8.37. The Kier molecular flexibility index (Phi) is 6.15. The van der Waals surface area contributed by atoms with E-state index in [1.165, 1.54) is 6.92 Å². The third kappa shape index (κ3) is 4.53. The van der Waals surface area contributed by atoms with Gasteiger partial charge in [0.25, 0.3) is 0 Å². The second-order valence-electron chi connectivity index (χ2n) is 3.90. The number of hydrogen-bond acceptors (Lipinski definition) is 5. The SMILES string of the molecule is CCC(C)C(=O)OCCC(F)(F)C(F)(F)S(=O)([O-])=S. The standard InChI is InChI=1S/C9H14F4O4S2/c1-3-6(2)7(14)17-5-4-8(10,11)9(12,13)19(15,16)18/h6H,3-5H2,1-2H3,(H,15,16,18)/p-1. The van der Waals surface area contributed by atoms with Crippen molar-refractivity contribution in [1.29, 1.82) is 0 Å². The molecule has 0 rings (SSSR count). The predicted octanol–water partition coefficient (Wildman–Crippen LogP) is 2.07. The Hall–Kier alpha value is -0.480. The Labute approximate surface area is 113 Å². The second kappa shape index (κ2) is 6.31. The molecular weight excluding hydrogens is 312 g/mol. The molecule has 0 radical (unpaired) electrons.